The van der Waals surface area contributed by atoms with Crippen LogP contribution in [0.5, 0.6) is 0 Å². The van der Waals surface area contributed by atoms with E-state index in [1.54, 1.807) is 30.3 Å². The molecule has 0 aliphatic carbocycles. The fourth-order valence-electron chi connectivity index (χ4n) is 2.27. The van der Waals surface area contributed by atoms with Crippen molar-refractivity contribution >= 4 is 56.2 Å². The van der Waals surface area contributed by atoms with Crippen LogP contribution < -0.4 is 5.32 Å². The topological polar surface area (TPSA) is 66.4 Å². The van der Waals surface area contributed by atoms with E-state index in [9.17, 15) is 14.7 Å². The first-order chi connectivity index (χ1) is 9.90. The van der Waals surface area contributed by atoms with E-state index in [1.807, 2.05) is 0 Å². The van der Waals surface area contributed by atoms with Crippen LogP contribution >= 0.6 is 38.9 Å². The van der Waals surface area contributed by atoms with Crippen LogP contribution in [0.2, 0.25) is 4.34 Å². The molecule has 0 unspecified atom stereocenters. The summed E-state index contributed by atoms with van der Waals surface area (Å²) >= 11 is 10.2. The highest BCUT2D eigenvalue weighted by atomic mass is 79.9. The van der Waals surface area contributed by atoms with E-state index in [0.29, 0.717) is 20.5 Å². The summed E-state index contributed by atoms with van der Waals surface area (Å²) in [5, 5.41) is 13.3. The Bertz CT molecular complexity index is 760. The summed E-state index contributed by atoms with van der Waals surface area (Å²) in [4.78, 5) is 24.8. The molecule has 1 amide bonds. The molecule has 1 aromatic carbocycles. The number of amides is 1. The molecule has 1 atom stereocenters. The van der Waals surface area contributed by atoms with E-state index in [4.69, 9.17) is 11.6 Å². The largest absolute Gasteiger partial charge is 0.375 e. The molecule has 21 heavy (non-hydrogen) atoms. The lowest BCUT2D eigenvalue weighted by atomic mass is 9.89. The lowest BCUT2D eigenvalue weighted by molar-refractivity contribution is -0.133. The minimum Gasteiger partial charge on any atom is -0.375 e. The number of ketones is 1. The number of thiophene rings is 1. The summed E-state index contributed by atoms with van der Waals surface area (Å²) in [6.45, 7) is 0. The zero-order valence-corrected chi connectivity index (χ0v) is 13.7. The highest BCUT2D eigenvalue weighted by molar-refractivity contribution is 9.10. The van der Waals surface area contributed by atoms with Crippen molar-refractivity contribution in [3.8, 4) is 0 Å². The zero-order valence-electron chi connectivity index (χ0n) is 10.5. The number of hydrogen-bond acceptors (Lipinski definition) is 4. The Hall–Kier alpha value is -1.21. The number of carbonyl (C=O) groups excluding carboxylic acids is 2. The van der Waals surface area contributed by atoms with Crippen LogP contribution in [0.25, 0.3) is 0 Å². The summed E-state index contributed by atoms with van der Waals surface area (Å²) in [6.07, 6.45) is -0.320. The minimum atomic E-state index is -1.85. The second-order valence-electron chi connectivity index (χ2n) is 4.71. The van der Waals surface area contributed by atoms with E-state index < -0.39 is 11.5 Å². The van der Waals surface area contributed by atoms with Gasteiger partial charge in [0.15, 0.2) is 11.4 Å². The molecule has 1 aliphatic heterocycles. The van der Waals surface area contributed by atoms with Gasteiger partial charge in [-0.25, -0.2) is 0 Å². The van der Waals surface area contributed by atoms with Gasteiger partial charge in [-0.3, -0.25) is 9.59 Å². The SMILES string of the molecule is O=C(C[C@]1(O)C(=O)Nc2ccc(Br)cc21)c1ccc(Cl)s1. The van der Waals surface area contributed by atoms with E-state index in [1.165, 1.54) is 0 Å². The summed E-state index contributed by atoms with van der Waals surface area (Å²) < 4.78 is 1.21. The quantitative estimate of drug-likeness (QED) is 0.793. The number of Topliss-reactive ketones (excluding diaryl/α,β-unsaturated/α-hetero) is 1. The van der Waals surface area contributed by atoms with Crippen LogP contribution in [0, 0.1) is 0 Å². The second kappa shape index (κ2) is 5.21. The van der Waals surface area contributed by atoms with Crippen LogP contribution in [0.3, 0.4) is 0 Å². The third-order valence-electron chi connectivity index (χ3n) is 3.32. The number of nitrogens with one attached hydrogen (secondary N) is 1. The summed E-state index contributed by atoms with van der Waals surface area (Å²) in [5.41, 5.74) is -0.937. The first-order valence-electron chi connectivity index (χ1n) is 6.02. The highest BCUT2D eigenvalue weighted by Crippen LogP contribution is 2.40. The van der Waals surface area contributed by atoms with Gasteiger partial charge in [-0.05, 0) is 30.3 Å². The van der Waals surface area contributed by atoms with Crippen molar-refractivity contribution in [1.82, 2.24) is 0 Å². The fraction of sp³-hybridized carbons (Fsp3) is 0.143. The molecule has 2 N–H and O–H groups in total. The van der Waals surface area contributed by atoms with Gasteiger partial charge in [0.1, 0.15) is 0 Å². The van der Waals surface area contributed by atoms with Gasteiger partial charge in [-0.2, -0.15) is 0 Å². The van der Waals surface area contributed by atoms with E-state index in [0.717, 1.165) is 15.8 Å². The lowest BCUT2D eigenvalue weighted by Gasteiger charge is -2.19. The van der Waals surface area contributed by atoms with Crippen molar-refractivity contribution in [2.45, 2.75) is 12.0 Å². The number of halogens is 2. The first kappa shape index (κ1) is 14.7. The fourth-order valence-corrected chi connectivity index (χ4v) is 3.62. The molecule has 0 saturated carbocycles. The Morgan fingerprint density at radius 3 is 2.81 bits per heavy atom. The predicted octanol–water partition coefficient (Wildman–Crippen LogP) is 3.58. The third kappa shape index (κ3) is 2.53. The number of anilines is 1. The molecule has 1 aromatic heterocycles. The van der Waals surface area contributed by atoms with Crippen molar-refractivity contribution in [3.05, 3.63) is 49.6 Å². The van der Waals surface area contributed by atoms with Crippen molar-refractivity contribution in [2.24, 2.45) is 0 Å². The van der Waals surface area contributed by atoms with Crippen LogP contribution in [0.4, 0.5) is 5.69 Å². The zero-order chi connectivity index (χ0) is 15.2. The maximum Gasteiger partial charge on any atom is 0.261 e. The highest BCUT2D eigenvalue weighted by Gasteiger charge is 2.47. The van der Waals surface area contributed by atoms with Gasteiger partial charge in [0.2, 0.25) is 0 Å². The summed E-state index contributed by atoms with van der Waals surface area (Å²) in [6, 6.07) is 8.28. The molecule has 4 nitrogen and oxygen atoms in total. The molecule has 3 rings (SSSR count). The monoisotopic (exact) mass is 385 g/mol. The Morgan fingerprint density at radius 2 is 2.14 bits per heavy atom. The van der Waals surface area contributed by atoms with Crippen molar-refractivity contribution < 1.29 is 14.7 Å². The summed E-state index contributed by atoms with van der Waals surface area (Å²) in [5.74, 6) is -0.913. The Balaban J connectivity index is 1.96. The third-order valence-corrected chi connectivity index (χ3v) is 5.08. The molecule has 7 heteroatoms. The molecule has 0 radical (unpaired) electrons. The molecule has 2 aromatic rings. The van der Waals surface area contributed by atoms with E-state index >= 15 is 0 Å². The van der Waals surface area contributed by atoms with Gasteiger partial charge in [0, 0.05) is 15.7 Å². The lowest BCUT2D eigenvalue weighted by Crippen LogP contribution is -2.36. The molecular weight excluding hydrogens is 378 g/mol. The average molecular weight is 387 g/mol. The number of rotatable bonds is 3. The van der Waals surface area contributed by atoms with Gasteiger partial charge < -0.3 is 10.4 Å². The Kier molecular flexibility index (Phi) is 3.65. The summed E-state index contributed by atoms with van der Waals surface area (Å²) in [7, 11) is 0. The van der Waals surface area contributed by atoms with Gasteiger partial charge in [-0.1, -0.05) is 27.5 Å². The molecule has 108 valence electrons. The molecule has 0 bridgehead atoms. The number of carbonyl (C=O) groups is 2. The van der Waals surface area contributed by atoms with Crippen molar-refractivity contribution in [3.63, 3.8) is 0 Å². The number of aliphatic hydroxyl groups is 1. The number of hydrogen-bond donors (Lipinski definition) is 2. The molecule has 0 saturated heterocycles. The van der Waals surface area contributed by atoms with E-state index in [-0.39, 0.29) is 12.2 Å². The Labute approximate surface area is 137 Å². The van der Waals surface area contributed by atoms with Gasteiger partial charge >= 0.3 is 0 Å². The van der Waals surface area contributed by atoms with Crippen LogP contribution in [0.15, 0.2) is 34.8 Å². The maximum atomic E-state index is 12.3. The van der Waals surface area contributed by atoms with Crippen LogP contribution in [0.1, 0.15) is 21.7 Å². The standard InChI is InChI=1S/C14H9BrClNO3S/c15-7-1-2-9-8(5-7)14(20,13(19)17-9)6-10(18)11-3-4-12(16)21-11/h1-5,20H,6H2,(H,17,19)/t14-/m1/s1. The van der Waals surface area contributed by atoms with E-state index in [2.05, 4.69) is 21.2 Å². The van der Waals surface area contributed by atoms with Crippen molar-refractivity contribution in [2.75, 3.05) is 5.32 Å². The molecule has 2 heterocycles. The molecular formula is C14H9BrClNO3S. The van der Waals surface area contributed by atoms with Gasteiger partial charge in [0.05, 0.1) is 15.6 Å². The second-order valence-corrected chi connectivity index (χ2v) is 7.34. The van der Waals surface area contributed by atoms with Crippen LogP contribution in [-0.4, -0.2) is 16.8 Å². The average Bonchev–Trinajstić information content (AvgIpc) is 2.95. The number of benzene rings is 1. The molecule has 1 aliphatic rings. The van der Waals surface area contributed by atoms with Crippen molar-refractivity contribution in [1.29, 1.82) is 0 Å². The minimum absolute atomic E-state index is 0.320. The number of fused-ring (bicyclic) bond motifs is 1. The molecule has 0 fully saturated rings. The smallest absolute Gasteiger partial charge is 0.261 e. The normalized spacial score (nSPS) is 20.2. The van der Waals surface area contributed by atoms with Gasteiger partial charge in [0.25, 0.3) is 5.91 Å². The predicted molar refractivity (Wildman–Crippen MR) is 84.9 cm³/mol. The van der Waals surface area contributed by atoms with Gasteiger partial charge in [-0.15, -0.1) is 11.3 Å². The molecule has 0 spiro atoms. The van der Waals surface area contributed by atoms with Crippen LogP contribution in [-0.2, 0) is 10.4 Å². The Morgan fingerprint density at radius 1 is 1.38 bits per heavy atom. The first-order valence-corrected chi connectivity index (χ1v) is 8.01. The maximum absolute atomic E-state index is 12.3.